The highest BCUT2D eigenvalue weighted by molar-refractivity contribution is 5.38. The summed E-state index contributed by atoms with van der Waals surface area (Å²) in [5, 5.41) is 14.1. The molecule has 2 heterocycles. The van der Waals surface area contributed by atoms with Gasteiger partial charge >= 0.3 is 0 Å². The number of aliphatic hydroxyl groups excluding tert-OH is 1. The Morgan fingerprint density at radius 3 is 2.83 bits per heavy atom. The van der Waals surface area contributed by atoms with Crippen molar-refractivity contribution in [2.45, 2.75) is 103 Å². The number of fused-ring (bicyclic) bond motifs is 6. The van der Waals surface area contributed by atoms with Crippen LogP contribution in [-0.4, -0.2) is 35.5 Å². The molecule has 2 saturated heterocycles. The number of ether oxygens (including phenoxy) is 1. The Bertz CT molecular complexity index is 801. The molecule has 4 fully saturated rings. The molecule has 6 aliphatic rings. The van der Waals surface area contributed by atoms with E-state index < -0.39 is 0 Å². The Hall–Kier alpha value is -0.640. The van der Waals surface area contributed by atoms with Crippen LogP contribution in [0.15, 0.2) is 22.8 Å². The first-order chi connectivity index (χ1) is 14.3. The van der Waals surface area contributed by atoms with Crippen LogP contribution in [0.2, 0.25) is 0 Å². The molecule has 3 nitrogen and oxygen atoms in total. The van der Waals surface area contributed by atoms with Gasteiger partial charge in [-0.25, -0.2) is 0 Å². The van der Waals surface area contributed by atoms with E-state index in [-0.39, 0.29) is 11.7 Å². The van der Waals surface area contributed by atoms with Crippen LogP contribution in [0.1, 0.15) is 79.1 Å². The second-order valence-corrected chi connectivity index (χ2v) is 12.2. The second-order valence-electron chi connectivity index (χ2n) is 12.2. The number of nitrogens with one attached hydrogen (secondary N) is 1. The Morgan fingerprint density at radius 1 is 1.17 bits per heavy atom. The Morgan fingerprint density at radius 2 is 2.00 bits per heavy atom. The van der Waals surface area contributed by atoms with Crippen molar-refractivity contribution < 1.29 is 9.84 Å². The van der Waals surface area contributed by atoms with Crippen LogP contribution in [0, 0.1) is 35.0 Å². The number of piperidine rings is 1. The van der Waals surface area contributed by atoms with Gasteiger partial charge in [0.1, 0.15) is 0 Å². The fourth-order valence-corrected chi connectivity index (χ4v) is 9.09. The van der Waals surface area contributed by atoms with Crippen LogP contribution in [0.3, 0.4) is 0 Å². The summed E-state index contributed by atoms with van der Waals surface area (Å²) in [6, 6.07) is 0.530. The highest BCUT2D eigenvalue weighted by Crippen LogP contribution is 2.65. The molecule has 1 spiro atoms. The van der Waals surface area contributed by atoms with Crippen molar-refractivity contribution in [3.05, 3.63) is 22.8 Å². The molecule has 0 aromatic rings. The van der Waals surface area contributed by atoms with E-state index in [0.29, 0.717) is 23.5 Å². The first kappa shape index (κ1) is 20.0. The van der Waals surface area contributed by atoms with Crippen LogP contribution < -0.4 is 5.32 Å². The SMILES string of the molecule is CC1=C2C[C@@H]3[C@H](CC=C4C[C@H](O)CC[C@@]43C)[C@@H]2CC[C@]12O[C@@H]1C[C@H](C)CN[C@H]1[C@@H]2C. The third kappa shape index (κ3) is 2.55. The van der Waals surface area contributed by atoms with E-state index in [0.717, 1.165) is 43.1 Å². The highest BCUT2D eigenvalue weighted by atomic mass is 16.5. The van der Waals surface area contributed by atoms with E-state index in [4.69, 9.17) is 4.74 Å². The number of hydrogen-bond acceptors (Lipinski definition) is 3. The van der Waals surface area contributed by atoms with Crippen LogP contribution in [0.5, 0.6) is 0 Å². The van der Waals surface area contributed by atoms with Gasteiger partial charge in [-0.1, -0.05) is 38.0 Å². The van der Waals surface area contributed by atoms with Crippen molar-refractivity contribution in [3.8, 4) is 0 Å². The van der Waals surface area contributed by atoms with Gasteiger partial charge in [-0.2, -0.15) is 0 Å². The molecule has 0 amide bonds. The van der Waals surface area contributed by atoms with Gasteiger partial charge < -0.3 is 15.2 Å². The summed E-state index contributed by atoms with van der Waals surface area (Å²) < 4.78 is 7.03. The van der Waals surface area contributed by atoms with Gasteiger partial charge in [-0.05, 0) is 99.5 Å². The summed E-state index contributed by atoms with van der Waals surface area (Å²) in [7, 11) is 0. The molecule has 0 aromatic heterocycles. The van der Waals surface area contributed by atoms with Crippen molar-refractivity contribution in [2.24, 2.45) is 35.0 Å². The zero-order valence-corrected chi connectivity index (χ0v) is 19.4. The monoisotopic (exact) mass is 411 g/mol. The number of aliphatic hydroxyl groups is 1. The number of allylic oxidation sites excluding steroid dienone is 2. The maximum atomic E-state index is 10.3. The molecule has 4 aliphatic carbocycles. The predicted octanol–water partition coefficient (Wildman–Crippen LogP) is 5.00. The molecular formula is C27H41NO2. The van der Waals surface area contributed by atoms with Gasteiger partial charge in [0, 0.05) is 12.0 Å². The quantitative estimate of drug-likeness (QED) is 0.551. The smallest absolute Gasteiger partial charge is 0.0937 e. The molecule has 0 radical (unpaired) electrons. The number of rotatable bonds is 0. The Balaban J connectivity index is 1.34. The minimum atomic E-state index is -0.111. The lowest BCUT2D eigenvalue weighted by Crippen LogP contribution is -2.49. The van der Waals surface area contributed by atoms with Gasteiger partial charge in [-0.15, -0.1) is 0 Å². The topological polar surface area (TPSA) is 41.5 Å². The van der Waals surface area contributed by atoms with Gasteiger partial charge in [-0.3, -0.25) is 0 Å². The zero-order chi connectivity index (χ0) is 20.8. The predicted molar refractivity (Wildman–Crippen MR) is 120 cm³/mol. The summed E-state index contributed by atoms with van der Waals surface area (Å²) in [6.45, 7) is 10.9. The summed E-state index contributed by atoms with van der Waals surface area (Å²) >= 11 is 0. The van der Waals surface area contributed by atoms with Crippen LogP contribution in [-0.2, 0) is 4.74 Å². The molecule has 6 rings (SSSR count). The molecule has 30 heavy (non-hydrogen) atoms. The number of hydrogen-bond donors (Lipinski definition) is 2. The zero-order valence-electron chi connectivity index (χ0n) is 19.4. The summed E-state index contributed by atoms with van der Waals surface area (Å²) in [5.41, 5.74) is 5.25. The average molecular weight is 412 g/mol. The maximum Gasteiger partial charge on any atom is 0.0937 e. The largest absolute Gasteiger partial charge is 0.393 e. The summed E-state index contributed by atoms with van der Waals surface area (Å²) in [4.78, 5) is 0. The molecule has 10 atom stereocenters. The summed E-state index contributed by atoms with van der Waals surface area (Å²) in [5.74, 6) is 3.64. The third-order valence-electron chi connectivity index (χ3n) is 10.9. The second kappa shape index (κ2) is 6.68. The lowest BCUT2D eigenvalue weighted by molar-refractivity contribution is -0.0549. The van der Waals surface area contributed by atoms with Gasteiger partial charge in [0.2, 0.25) is 0 Å². The van der Waals surface area contributed by atoms with Gasteiger partial charge in [0.15, 0.2) is 0 Å². The molecule has 0 bridgehead atoms. The van der Waals surface area contributed by atoms with Crippen LogP contribution >= 0.6 is 0 Å². The minimum absolute atomic E-state index is 0.0222. The lowest BCUT2D eigenvalue weighted by Gasteiger charge is -2.49. The first-order valence-corrected chi connectivity index (χ1v) is 12.8. The van der Waals surface area contributed by atoms with E-state index >= 15 is 0 Å². The molecule has 0 aromatic carbocycles. The Kier molecular flexibility index (Phi) is 4.46. The van der Waals surface area contributed by atoms with Crippen LogP contribution in [0.4, 0.5) is 0 Å². The van der Waals surface area contributed by atoms with Crippen molar-refractivity contribution in [1.29, 1.82) is 0 Å². The van der Waals surface area contributed by atoms with E-state index in [1.807, 2.05) is 0 Å². The van der Waals surface area contributed by atoms with Gasteiger partial charge in [0.05, 0.1) is 17.8 Å². The molecule has 2 N–H and O–H groups in total. The molecule has 2 aliphatic heterocycles. The molecule has 0 unspecified atom stereocenters. The maximum absolute atomic E-state index is 10.3. The van der Waals surface area contributed by atoms with E-state index in [2.05, 4.69) is 39.1 Å². The fraction of sp³-hybridized carbons (Fsp3) is 0.852. The Labute approximate surface area is 182 Å². The molecule has 3 heteroatoms. The molecular weight excluding hydrogens is 370 g/mol. The molecule has 2 saturated carbocycles. The third-order valence-corrected chi connectivity index (χ3v) is 10.9. The van der Waals surface area contributed by atoms with E-state index in [1.54, 1.807) is 16.7 Å². The fourth-order valence-electron chi connectivity index (χ4n) is 9.09. The van der Waals surface area contributed by atoms with E-state index in [1.165, 1.54) is 38.5 Å². The highest BCUT2D eigenvalue weighted by Gasteiger charge is 2.60. The van der Waals surface area contributed by atoms with Crippen molar-refractivity contribution in [3.63, 3.8) is 0 Å². The van der Waals surface area contributed by atoms with Crippen LogP contribution in [0.25, 0.3) is 0 Å². The molecule has 166 valence electrons. The van der Waals surface area contributed by atoms with Gasteiger partial charge in [0.25, 0.3) is 0 Å². The van der Waals surface area contributed by atoms with Crippen molar-refractivity contribution in [2.75, 3.05) is 6.54 Å². The van der Waals surface area contributed by atoms with Crippen molar-refractivity contribution >= 4 is 0 Å². The lowest BCUT2D eigenvalue weighted by atomic mass is 9.56. The van der Waals surface area contributed by atoms with E-state index in [9.17, 15) is 5.11 Å². The standard InChI is InChI=1S/C27H41NO2/c1-15-11-24-25(28-14-15)17(3)27(30-24)10-8-20-21-6-5-18-12-19(29)7-9-26(18,4)23(21)13-22(20)16(27)2/h5,15,17,19-21,23-25,28-29H,6-14H2,1-4H3/t15-,17-,19+,20-,21+,23+,24+,25-,26-,27-/m0/s1. The minimum Gasteiger partial charge on any atom is -0.393 e. The first-order valence-electron chi connectivity index (χ1n) is 12.8. The average Bonchev–Trinajstić information content (AvgIpc) is 3.23. The normalized spacial score (nSPS) is 55.0. The van der Waals surface area contributed by atoms with Crippen molar-refractivity contribution in [1.82, 2.24) is 5.32 Å². The summed E-state index contributed by atoms with van der Waals surface area (Å²) in [6.07, 6.45) is 12.2.